The Balaban J connectivity index is 2.18. The Labute approximate surface area is 123 Å². The lowest BCUT2D eigenvalue weighted by Crippen LogP contribution is -2.35. The van der Waals surface area contributed by atoms with Gasteiger partial charge in [0.15, 0.2) is 5.43 Å². The Bertz CT molecular complexity index is 704. The second kappa shape index (κ2) is 6.10. The molecule has 0 aliphatic rings. The normalized spacial score (nSPS) is 11.6. The van der Waals surface area contributed by atoms with Gasteiger partial charge in [-0.05, 0) is 24.0 Å². The van der Waals surface area contributed by atoms with Gasteiger partial charge >= 0.3 is 0 Å². The van der Waals surface area contributed by atoms with Gasteiger partial charge in [0, 0.05) is 30.1 Å². The predicted octanol–water partition coefficient (Wildman–Crippen LogP) is 1.67. The van der Waals surface area contributed by atoms with Crippen molar-refractivity contribution in [2.75, 3.05) is 13.2 Å². The minimum absolute atomic E-state index is 0.0790. The Kier molecular flexibility index (Phi) is 4.43. The van der Waals surface area contributed by atoms with Crippen LogP contribution in [0.3, 0.4) is 0 Å². The Hall–Kier alpha value is -2.14. The van der Waals surface area contributed by atoms with Crippen molar-refractivity contribution in [2.45, 2.75) is 20.3 Å². The molecule has 112 valence electrons. The fourth-order valence-electron chi connectivity index (χ4n) is 2.13. The molecule has 0 atom stereocenters. The van der Waals surface area contributed by atoms with Crippen LogP contribution in [0.4, 0.5) is 0 Å². The smallest absolute Gasteiger partial charge is 0.267 e. The molecular formula is C16H20N2O3. The molecule has 0 saturated heterocycles. The lowest BCUT2D eigenvalue weighted by molar-refractivity contribution is 0.0923. The number of nitrogens with one attached hydrogen (secondary N) is 2. The van der Waals surface area contributed by atoms with Crippen LogP contribution < -0.4 is 10.7 Å². The Morgan fingerprint density at radius 2 is 2.05 bits per heavy atom. The number of pyridine rings is 1. The van der Waals surface area contributed by atoms with E-state index in [2.05, 4.69) is 10.3 Å². The van der Waals surface area contributed by atoms with E-state index in [4.69, 9.17) is 5.11 Å². The van der Waals surface area contributed by atoms with Crippen molar-refractivity contribution >= 4 is 16.8 Å². The van der Waals surface area contributed by atoms with Crippen molar-refractivity contribution in [1.29, 1.82) is 0 Å². The SMILES string of the molecule is CC(C)(CCO)CNC(=O)c1cc(=O)c2ccccc2[nH]1. The summed E-state index contributed by atoms with van der Waals surface area (Å²) in [4.78, 5) is 27.1. The van der Waals surface area contributed by atoms with Crippen LogP contribution in [0.25, 0.3) is 10.9 Å². The van der Waals surface area contributed by atoms with Crippen molar-refractivity contribution in [1.82, 2.24) is 10.3 Å². The minimum atomic E-state index is -0.316. The fraction of sp³-hybridized carbons (Fsp3) is 0.375. The summed E-state index contributed by atoms with van der Waals surface area (Å²) >= 11 is 0. The highest BCUT2D eigenvalue weighted by molar-refractivity contribution is 5.94. The number of amides is 1. The molecular weight excluding hydrogens is 268 g/mol. The van der Waals surface area contributed by atoms with Gasteiger partial charge in [-0.3, -0.25) is 9.59 Å². The Morgan fingerprint density at radius 3 is 2.76 bits per heavy atom. The van der Waals surface area contributed by atoms with Crippen LogP contribution in [-0.2, 0) is 0 Å². The maximum atomic E-state index is 12.1. The number of aromatic nitrogens is 1. The number of aromatic amines is 1. The van der Waals surface area contributed by atoms with Gasteiger partial charge in [-0.1, -0.05) is 26.0 Å². The van der Waals surface area contributed by atoms with Gasteiger partial charge in [0.05, 0.1) is 0 Å². The molecule has 1 heterocycles. The highest BCUT2D eigenvalue weighted by atomic mass is 16.3. The number of fused-ring (bicyclic) bond motifs is 1. The average molecular weight is 288 g/mol. The molecule has 1 aromatic heterocycles. The van der Waals surface area contributed by atoms with Crippen molar-refractivity contribution in [3.8, 4) is 0 Å². The van der Waals surface area contributed by atoms with Gasteiger partial charge in [0.2, 0.25) is 0 Å². The van der Waals surface area contributed by atoms with Crippen LogP contribution in [0.2, 0.25) is 0 Å². The fourth-order valence-corrected chi connectivity index (χ4v) is 2.13. The number of para-hydroxylation sites is 1. The summed E-state index contributed by atoms with van der Waals surface area (Å²) in [5.74, 6) is -0.316. The third-order valence-electron chi connectivity index (χ3n) is 3.50. The maximum Gasteiger partial charge on any atom is 0.267 e. The van der Waals surface area contributed by atoms with Crippen molar-refractivity contribution in [3.63, 3.8) is 0 Å². The lowest BCUT2D eigenvalue weighted by Gasteiger charge is -2.23. The summed E-state index contributed by atoms with van der Waals surface area (Å²) in [5.41, 5.74) is 0.522. The van der Waals surface area contributed by atoms with Gasteiger partial charge in [0.1, 0.15) is 5.69 Å². The monoisotopic (exact) mass is 288 g/mol. The van der Waals surface area contributed by atoms with Crippen LogP contribution in [0.1, 0.15) is 30.8 Å². The first-order valence-electron chi connectivity index (χ1n) is 6.94. The van der Waals surface area contributed by atoms with Gasteiger partial charge in [0.25, 0.3) is 5.91 Å². The predicted molar refractivity (Wildman–Crippen MR) is 82.4 cm³/mol. The van der Waals surface area contributed by atoms with Crippen LogP contribution in [0.15, 0.2) is 35.1 Å². The number of hydrogen-bond acceptors (Lipinski definition) is 3. The molecule has 5 heteroatoms. The van der Waals surface area contributed by atoms with Crippen LogP contribution >= 0.6 is 0 Å². The number of rotatable bonds is 5. The summed E-state index contributed by atoms with van der Waals surface area (Å²) in [7, 11) is 0. The maximum absolute atomic E-state index is 12.1. The molecule has 1 aromatic carbocycles. The van der Waals surface area contributed by atoms with E-state index in [1.54, 1.807) is 18.2 Å². The average Bonchev–Trinajstić information content (AvgIpc) is 2.45. The summed E-state index contributed by atoms with van der Waals surface area (Å²) in [6, 6.07) is 8.40. The third-order valence-corrected chi connectivity index (χ3v) is 3.50. The van der Waals surface area contributed by atoms with Crippen LogP contribution in [0.5, 0.6) is 0 Å². The molecule has 0 spiro atoms. The molecule has 2 aromatic rings. The third kappa shape index (κ3) is 3.70. The topological polar surface area (TPSA) is 82.2 Å². The zero-order valence-corrected chi connectivity index (χ0v) is 12.3. The van der Waals surface area contributed by atoms with E-state index in [-0.39, 0.29) is 29.1 Å². The molecule has 0 radical (unpaired) electrons. The summed E-state index contributed by atoms with van der Waals surface area (Å²) < 4.78 is 0. The molecule has 1 amide bonds. The number of aliphatic hydroxyl groups is 1. The molecule has 0 unspecified atom stereocenters. The zero-order valence-electron chi connectivity index (χ0n) is 12.3. The van der Waals surface area contributed by atoms with Crippen LogP contribution in [-0.4, -0.2) is 29.1 Å². The first-order chi connectivity index (χ1) is 9.93. The van der Waals surface area contributed by atoms with Crippen molar-refractivity contribution in [2.24, 2.45) is 5.41 Å². The van der Waals surface area contributed by atoms with E-state index >= 15 is 0 Å². The highest BCUT2D eigenvalue weighted by Gasteiger charge is 2.19. The van der Waals surface area contributed by atoms with Gasteiger partial charge < -0.3 is 15.4 Å². The van der Waals surface area contributed by atoms with Crippen molar-refractivity contribution < 1.29 is 9.90 Å². The van der Waals surface area contributed by atoms with E-state index in [0.29, 0.717) is 23.9 Å². The van der Waals surface area contributed by atoms with E-state index in [1.807, 2.05) is 19.9 Å². The number of carbonyl (C=O) groups is 1. The van der Waals surface area contributed by atoms with E-state index in [9.17, 15) is 9.59 Å². The number of aliphatic hydroxyl groups excluding tert-OH is 1. The van der Waals surface area contributed by atoms with E-state index in [1.165, 1.54) is 6.07 Å². The number of H-pyrrole nitrogens is 1. The molecule has 0 fully saturated rings. The molecule has 3 N–H and O–H groups in total. The summed E-state index contributed by atoms with van der Waals surface area (Å²) in [5, 5.41) is 12.3. The molecule has 0 aliphatic heterocycles. The molecule has 0 bridgehead atoms. The summed E-state index contributed by atoms with van der Waals surface area (Å²) in [6.45, 7) is 4.44. The highest BCUT2D eigenvalue weighted by Crippen LogP contribution is 2.18. The molecule has 5 nitrogen and oxygen atoms in total. The molecule has 0 aliphatic carbocycles. The van der Waals surface area contributed by atoms with Gasteiger partial charge in [-0.2, -0.15) is 0 Å². The largest absolute Gasteiger partial charge is 0.396 e. The molecule has 0 saturated carbocycles. The first kappa shape index (κ1) is 15.3. The second-order valence-electron chi connectivity index (χ2n) is 5.91. The van der Waals surface area contributed by atoms with Crippen LogP contribution in [0, 0.1) is 5.41 Å². The quantitative estimate of drug-likeness (QED) is 0.782. The molecule has 21 heavy (non-hydrogen) atoms. The van der Waals surface area contributed by atoms with E-state index in [0.717, 1.165) is 0 Å². The first-order valence-corrected chi connectivity index (χ1v) is 6.94. The standard InChI is InChI=1S/C16H20N2O3/c1-16(2,7-8-19)10-17-15(21)13-9-14(20)11-5-3-4-6-12(11)18-13/h3-6,9,19H,7-8,10H2,1-2H3,(H,17,21)(H,18,20). The minimum Gasteiger partial charge on any atom is -0.396 e. The Morgan fingerprint density at radius 1 is 1.33 bits per heavy atom. The number of hydrogen-bond donors (Lipinski definition) is 3. The lowest BCUT2D eigenvalue weighted by atomic mass is 9.90. The van der Waals surface area contributed by atoms with Crippen molar-refractivity contribution in [3.05, 3.63) is 46.2 Å². The number of benzene rings is 1. The summed E-state index contributed by atoms with van der Waals surface area (Å²) in [6.07, 6.45) is 0.599. The van der Waals surface area contributed by atoms with Gasteiger partial charge in [-0.15, -0.1) is 0 Å². The zero-order chi connectivity index (χ0) is 15.5. The van der Waals surface area contributed by atoms with E-state index < -0.39 is 0 Å². The molecule has 2 rings (SSSR count). The van der Waals surface area contributed by atoms with Gasteiger partial charge in [-0.25, -0.2) is 0 Å². The second-order valence-corrected chi connectivity index (χ2v) is 5.91. The number of carbonyl (C=O) groups excluding carboxylic acids is 1.